The summed E-state index contributed by atoms with van der Waals surface area (Å²) in [5, 5.41) is 0. The number of ether oxygens (including phenoxy) is 1. The van der Waals surface area contributed by atoms with Crippen molar-refractivity contribution in [3.05, 3.63) is 59.7 Å². The third-order valence-corrected chi connectivity index (χ3v) is 4.66. The Bertz CT molecular complexity index is 655. The fourth-order valence-electron chi connectivity index (χ4n) is 2.41. The molecule has 0 aliphatic carbocycles. The van der Waals surface area contributed by atoms with Gasteiger partial charge in [-0.2, -0.15) is 13.2 Å². The molecule has 5 heteroatoms. The Balaban J connectivity index is 2.02. The second-order valence-corrected chi connectivity index (χ2v) is 6.78. The van der Waals surface area contributed by atoms with Crippen molar-refractivity contribution < 1.29 is 17.9 Å². The Morgan fingerprint density at radius 2 is 1.71 bits per heavy atom. The van der Waals surface area contributed by atoms with E-state index in [1.807, 2.05) is 18.2 Å². The van der Waals surface area contributed by atoms with Crippen LogP contribution in [0, 0.1) is 0 Å². The first-order chi connectivity index (χ1) is 11.4. The molecular formula is C19H22F3OP. The first-order valence-corrected chi connectivity index (χ1v) is 8.75. The van der Waals surface area contributed by atoms with Crippen molar-refractivity contribution in [2.45, 2.75) is 44.4 Å². The maximum Gasteiger partial charge on any atom is 0.416 e. The number of rotatable bonds is 7. The third-order valence-electron chi connectivity index (χ3n) is 3.86. The predicted molar refractivity (Wildman–Crippen MR) is 94.7 cm³/mol. The van der Waals surface area contributed by atoms with Crippen molar-refractivity contribution in [1.82, 2.24) is 0 Å². The number of aryl methyl sites for hydroxylation is 1. The van der Waals surface area contributed by atoms with Gasteiger partial charge in [-0.25, -0.2) is 0 Å². The molecule has 2 atom stereocenters. The van der Waals surface area contributed by atoms with Gasteiger partial charge in [-0.3, -0.25) is 0 Å². The van der Waals surface area contributed by atoms with E-state index in [1.54, 1.807) is 6.07 Å². The minimum absolute atomic E-state index is 0.193. The van der Waals surface area contributed by atoms with Gasteiger partial charge in [-0.05, 0) is 67.2 Å². The normalized spacial score (nSPS) is 12.9. The topological polar surface area (TPSA) is 9.23 Å². The molecule has 0 heterocycles. The summed E-state index contributed by atoms with van der Waals surface area (Å²) in [6.07, 6.45) is -0.0713. The van der Waals surface area contributed by atoms with E-state index in [4.69, 9.17) is 4.74 Å². The zero-order valence-electron chi connectivity index (χ0n) is 13.6. The first-order valence-electron chi connectivity index (χ1n) is 8.08. The van der Waals surface area contributed by atoms with E-state index >= 15 is 0 Å². The second kappa shape index (κ2) is 8.53. The number of hydrogen-bond acceptors (Lipinski definition) is 1. The Kier molecular flexibility index (Phi) is 6.68. The zero-order valence-corrected chi connectivity index (χ0v) is 14.8. The zero-order chi connectivity index (χ0) is 17.6. The van der Waals surface area contributed by atoms with Crippen LogP contribution in [0.3, 0.4) is 0 Å². The van der Waals surface area contributed by atoms with Crippen molar-refractivity contribution in [2.24, 2.45) is 0 Å². The molecule has 0 fully saturated rings. The quantitative estimate of drug-likeness (QED) is 0.518. The maximum absolute atomic E-state index is 12.7. The smallest absolute Gasteiger partial charge is 0.416 e. The van der Waals surface area contributed by atoms with E-state index in [-0.39, 0.29) is 5.75 Å². The molecule has 0 bridgehead atoms. The highest BCUT2D eigenvalue weighted by molar-refractivity contribution is 7.17. The van der Waals surface area contributed by atoms with E-state index in [1.165, 1.54) is 12.1 Å². The minimum Gasteiger partial charge on any atom is -0.457 e. The van der Waals surface area contributed by atoms with Gasteiger partial charge in [0.1, 0.15) is 11.5 Å². The molecule has 0 saturated heterocycles. The molecule has 0 saturated carbocycles. The molecule has 0 aliphatic heterocycles. The Morgan fingerprint density at radius 1 is 1.04 bits per heavy atom. The second-order valence-electron chi connectivity index (χ2n) is 5.84. The molecule has 24 heavy (non-hydrogen) atoms. The molecule has 0 aromatic heterocycles. The predicted octanol–water partition coefficient (Wildman–Crippen LogP) is 6.47. The molecule has 0 N–H and O–H groups in total. The summed E-state index contributed by atoms with van der Waals surface area (Å²) in [5.41, 5.74) is 1.06. The molecule has 0 spiro atoms. The molecule has 0 amide bonds. The van der Waals surface area contributed by atoms with Gasteiger partial charge in [0.15, 0.2) is 0 Å². The van der Waals surface area contributed by atoms with E-state index in [2.05, 4.69) is 16.2 Å². The lowest BCUT2D eigenvalue weighted by atomic mass is 10.1. The lowest BCUT2D eigenvalue weighted by Crippen LogP contribution is -2.04. The summed E-state index contributed by atoms with van der Waals surface area (Å²) in [4.78, 5) is 0. The average Bonchev–Trinajstić information content (AvgIpc) is 2.54. The Hall–Kier alpha value is -1.54. The van der Waals surface area contributed by atoms with Crippen molar-refractivity contribution in [3.63, 3.8) is 0 Å². The molecule has 2 aromatic rings. The van der Waals surface area contributed by atoms with Gasteiger partial charge in [0.25, 0.3) is 0 Å². The molecule has 130 valence electrons. The van der Waals surface area contributed by atoms with E-state index in [0.29, 0.717) is 11.4 Å². The van der Waals surface area contributed by atoms with Gasteiger partial charge >= 0.3 is 6.18 Å². The van der Waals surface area contributed by atoms with Gasteiger partial charge in [0.2, 0.25) is 0 Å². The van der Waals surface area contributed by atoms with Gasteiger partial charge in [-0.1, -0.05) is 25.1 Å². The Labute approximate surface area is 143 Å². The van der Waals surface area contributed by atoms with Gasteiger partial charge < -0.3 is 4.74 Å². The fourth-order valence-corrected chi connectivity index (χ4v) is 2.64. The van der Waals surface area contributed by atoms with Crippen LogP contribution in [0.15, 0.2) is 48.5 Å². The maximum atomic E-state index is 12.7. The number of hydrogen-bond donors (Lipinski definition) is 0. The fraction of sp³-hybridized carbons (Fsp3) is 0.368. The van der Waals surface area contributed by atoms with Gasteiger partial charge in [0.05, 0.1) is 5.56 Å². The summed E-state index contributed by atoms with van der Waals surface area (Å²) in [7, 11) is 2.85. The minimum atomic E-state index is -4.37. The summed E-state index contributed by atoms with van der Waals surface area (Å²) in [6.45, 7) is 2.17. The lowest BCUT2D eigenvalue weighted by Gasteiger charge is -2.11. The highest BCUT2D eigenvalue weighted by Gasteiger charge is 2.30. The monoisotopic (exact) mass is 354 g/mol. The van der Waals surface area contributed by atoms with E-state index < -0.39 is 11.7 Å². The summed E-state index contributed by atoms with van der Waals surface area (Å²) in [5.74, 6) is 0.753. The lowest BCUT2D eigenvalue weighted by molar-refractivity contribution is -0.137. The number of halogens is 3. The number of alkyl halides is 3. The van der Waals surface area contributed by atoms with Crippen LogP contribution in [0.25, 0.3) is 0 Å². The van der Waals surface area contributed by atoms with Crippen molar-refractivity contribution in [2.75, 3.05) is 0 Å². The summed E-state index contributed by atoms with van der Waals surface area (Å²) in [6, 6.07) is 12.5. The van der Waals surface area contributed by atoms with Crippen molar-refractivity contribution in [3.8, 4) is 11.5 Å². The number of benzene rings is 2. The molecular weight excluding hydrogens is 332 g/mol. The van der Waals surface area contributed by atoms with Crippen LogP contribution in [-0.4, -0.2) is 5.66 Å². The van der Waals surface area contributed by atoms with Crippen LogP contribution in [-0.2, 0) is 12.6 Å². The van der Waals surface area contributed by atoms with E-state index in [9.17, 15) is 13.2 Å². The highest BCUT2D eigenvalue weighted by atomic mass is 31.0. The third kappa shape index (κ3) is 5.83. The summed E-state index contributed by atoms with van der Waals surface area (Å²) >= 11 is 0. The average molecular weight is 354 g/mol. The van der Waals surface area contributed by atoms with Crippen LogP contribution >= 0.6 is 9.24 Å². The summed E-state index contributed by atoms with van der Waals surface area (Å²) < 4.78 is 43.8. The molecule has 0 aliphatic rings. The molecule has 0 radical (unpaired) electrons. The van der Waals surface area contributed by atoms with Crippen LogP contribution in [0.5, 0.6) is 11.5 Å². The van der Waals surface area contributed by atoms with Crippen LogP contribution in [0.2, 0.25) is 0 Å². The van der Waals surface area contributed by atoms with Crippen LogP contribution in [0.1, 0.15) is 37.3 Å². The van der Waals surface area contributed by atoms with E-state index in [0.717, 1.165) is 43.4 Å². The molecule has 1 nitrogen and oxygen atoms in total. The van der Waals surface area contributed by atoms with Gasteiger partial charge in [-0.15, -0.1) is 9.24 Å². The molecule has 2 rings (SSSR count). The van der Waals surface area contributed by atoms with Crippen molar-refractivity contribution >= 4 is 9.24 Å². The van der Waals surface area contributed by atoms with Crippen LogP contribution < -0.4 is 4.74 Å². The van der Waals surface area contributed by atoms with Crippen molar-refractivity contribution in [1.29, 1.82) is 0 Å². The first kappa shape index (κ1) is 18.8. The molecule has 2 unspecified atom stereocenters. The Morgan fingerprint density at radius 3 is 2.38 bits per heavy atom. The SMILES string of the molecule is CCC(P)CCCc1cccc(Oc2cccc(C(F)(F)F)c2)c1. The molecule has 2 aromatic carbocycles. The highest BCUT2D eigenvalue weighted by Crippen LogP contribution is 2.32. The standard InChI is InChI=1S/C19H22F3OP/c1-2-18(24)11-4-7-14-6-3-9-16(12-14)23-17-10-5-8-15(13-17)19(20,21)22/h3,5-6,8-10,12-13,18H,2,4,7,11,24H2,1H3. The largest absolute Gasteiger partial charge is 0.457 e. The van der Waals surface area contributed by atoms with Crippen LogP contribution in [0.4, 0.5) is 13.2 Å². The van der Waals surface area contributed by atoms with Gasteiger partial charge in [0, 0.05) is 0 Å².